The first-order valence-corrected chi connectivity index (χ1v) is 12.7. The predicted molar refractivity (Wildman–Crippen MR) is 124 cm³/mol. The van der Waals surface area contributed by atoms with Crippen LogP contribution in [0.5, 0.6) is 0 Å². The summed E-state index contributed by atoms with van der Waals surface area (Å²) in [6, 6.07) is 0. The van der Waals surface area contributed by atoms with Gasteiger partial charge in [-0.05, 0) is 104 Å². The Bertz CT molecular complexity index is 659. The van der Waals surface area contributed by atoms with E-state index in [2.05, 4.69) is 59.8 Å². The van der Waals surface area contributed by atoms with E-state index in [1.165, 1.54) is 38.5 Å². The van der Waals surface area contributed by atoms with Gasteiger partial charge < -0.3 is 5.11 Å². The zero-order valence-corrected chi connectivity index (χ0v) is 20.0. The smallest absolute Gasteiger partial charge is 0.0543 e. The molecular formula is C28H46O. The summed E-state index contributed by atoms with van der Waals surface area (Å²) in [5, 5.41) is 10.3. The molecule has 4 rings (SSSR count). The second kappa shape index (κ2) is 7.85. The molecule has 9 atom stereocenters. The number of allylic oxidation sites excluding steroid dienone is 4. The normalized spacial score (nSPS) is 46.8. The van der Waals surface area contributed by atoms with Crippen LogP contribution in [0.15, 0.2) is 23.8 Å². The van der Waals surface area contributed by atoms with Gasteiger partial charge in [-0.3, -0.25) is 0 Å². The molecule has 3 saturated carbocycles. The molecule has 164 valence electrons. The van der Waals surface area contributed by atoms with Gasteiger partial charge in [-0.2, -0.15) is 0 Å². The molecule has 3 fully saturated rings. The fourth-order valence-corrected chi connectivity index (χ4v) is 8.10. The number of aliphatic hydroxyl groups is 1. The molecule has 5 unspecified atom stereocenters. The van der Waals surface area contributed by atoms with Gasteiger partial charge in [-0.1, -0.05) is 65.3 Å². The van der Waals surface area contributed by atoms with Crippen LogP contribution in [0.4, 0.5) is 0 Å². The van der Waals surface area contributed by atoms with Crippen molar-refractivity contribution < 1.29 is 5.11 Å². The van der Waals surface area contributed by atoms with Crippen molar-refractivity contribution in [2.75, 3.05) is 0 Å². The Labute approximate surface area is 180 Å². The van der Waals surface area contributed by atoms with Gasteiger partial charge in [0.05, 0.1) is 6.10 Å². The van der Waals surface area contributed by atoms with E-state index in [9.17, 15) is 5.11 Å². The maximum atomic E-state index is 10.3. The third-order valence-electron chi connectivity index (χ3n) is 10.5. The molecule has 1 nitrogen and oxygen atoms in total. The van der Waals surface area contributed by atoms with Crippen molar-refractivity contribution in [3.05, 3.63) is 23.8 Å². The van der Waals surface area contributed by atoms with Crippen LogP contribution >= 0.6 is 0 Å². The van der Waals surface area contributed by atoms with E-state index in [0.29, 0.717) is 22.7 Å². The SMILES string of the molecule is CC(C)[C@@H](C)/C=C/[C@@H](C)[C@H]1CC=C2C3CCC4C[C@@H](O)CCC4(C)C3CCC21C. The third-order valence-corrected chi connectivity index (χ3v) is 10.5. The van der Waals surface area contributed by atoms with Gasteiger partial charge in [0.2, 0.25) is 0 Å². The second-order valence-corrected chi connectivity index (χ2v) is 12.2. The fourth-order valence-electron chi connectivity index (χ4n) is 8.10. The highest BCUT2D eigenvalue weighted by molar-refractivity contribution is 5.30. The average molecular weight is 399 g/mol. The van der Waals surface area contributed by atoms with Gasteiger partial charge >= 0.3 is 0 Å². The molecule has 0 saturated heterocycles. The van der Waals surface area contributed by atoms with Crippen molar-refractivity contribution in [2.24, 2.45) is 52.3 Å². The fraction of sp³-hybridized carbons (Fsp3) is 0.857. The average Bonchev–Trinajstić information content (AvgIpc) is 3.03. The van der Waals surface area contributed by atoms with Crippen molar-refractivity contribution >= 4 is 0 Å². The van der Waals surface area contributed by atoms with Crippen LogP contribution in [0.25, 0.3) is 0 Å². The van der Waals surface area contributed by atoms with Gasteiger partial charge in [0.1, 0.15) is 0 Å². The highest BCUT2D eigenvalue weighted by atomic mass is 16.3. The molecule has 0 aromatic rings. The Balaban J connectivity index is 1.51. The van der Waals surface area contributed by atoms with Gasteiger partial charge in [0.15, 0.2) is 0 Å². The number of hydrogen-bond acceptors (Lipinski definition) is 1. The summed E-state index contributed by atoms with van der Waals surface area (Å²) in [6.07, 6.45) is 17.8. The number of hydrogen-bond donors (Lipinski definition) is 1. The molecule has 4 aliphatic carbocycles. The summed E-state index contributed by atoms with van der Waals surface area (Å²) >= 11 is 0. The van der Waals surface area contributed by atoms with Crippen molar-refractivity contribution in [3.8, 4) is 0 Å². The first kappa shape index (κ1) is 21.7. The molecule has 0 heterocycles. The van der Waals surface area contributed by atoms with Gasteiger partial charge in [-0.25, -0.2) is 0 Å². The topological polar surface area (TPSA) is 20.2 Å². The Morgan fingerprint density at radius 1 is 1.00 bits per heavy atom. The highest BCUT2D eigenvalue weighted by Crippen LogP contribution is 2.66. The summed E-state index contributed by atoms with van der Waals surface area (Å²) in [4.78, 5) is 0. The summed E-state index contributed by atoms with van der Waals surface area (Å²) in [5.41, 5.74) is 2.74. The largest absolute Gasteiger partial charge is 0.393 e. The van der Waals surface area contributed by atoms with Crippen molar-refractivity contribution in [2.45, 2.75) is 99.0 Å². The van der Waals surface area contributed by atoms with Crippen LogP contribution in [0.3, 0.4) is 0 Å². The maximum Gasteiger partial charge on any atom is 0.0543 e. The third kappa shape index (κ3) is 3.58. The minimum atomic E-state index is -0.0329. The summed E-state index contributed by atoms with van der Waals surface area (Å²) < 4.78 is 0. The van der Waals surface area contributed by atoms with Gasteiger partial charge in [-0.15, -0.1) is 0 Å². The molecule has 0 amide bonds. The lowest BCUT2D eigenvalue weighted by molar-refractivity contribution is -0.0852. The molecule has 1 heteroatoms. The monoisotopic (exact) mass is 398 g/mol. The van der Waals surface area contributed by atoms with Crippen molar-refractivity contribution in [1.29, 1.82) is 0 Å². The van der Waals surface area contributed by atoms with E-state index in [4.69, 9.17) is 0 Å². The van der Waals surface area contributed by atoms with Crippen LogP contribution in [0, 0.1) is 52.3 Å². The second-order valence-electron chi connectivity index (χ2n) is 12.2. The molecule has 0 bridgehead atoms. The molecule has 4 aliphatic rings. The van der Waals surface area contributed by atoms with Crippen LogP contribution in [0.1, 0.15) is 92.9 Å². The quantitative estimate of drug-likeness (QED) is 0.489. The molecule has 0 radical (unpaired) electrons. The number of rotatable bonds is 4. The Kier molecular flexibility index (Phi) is 5.86. The summed E-state index contributed by atoms with van der Waals surface area (Å²) in [5.74, 6) is 5.29. The summed E-state index contributed by atoms with van der Waals surface area (Å²) in [7, 11) is 0. The van der Waals surface area contributed by atoms with Gasteiger partial charge in [0, 0.05) is 0 Å². The van der Waals surface area contributed by atoms with Crippen LogP contribution in [-0.2, 0) is 0 Å². The molecule has 1 N–H and O–H groups in total. The Hall–Kier alpha value is -0.560. The van der Waals surface area contributed by atoms with E-state index >= 15 is 0 Å². The Morgan fingerprint density at radius 3 is 2.48 bits per heavy atom. The Morgan fingerprint density at radius 2 is 1.76 bits per heavy atom. The van der Waals surface area contributed by atoms with E-state index < -0.39 is 0 Å². The predicted octanol–water partition coefficient (Wildman–Crippen LogP) is 7.41. The molecule has 0 spiro atoms. The van der Waals surface area contributed by atoms with E-state index in [0.717, 1.165) is 42.4 Å². The minimum absolute atomic E-state index is 0.0329. The van der Waals surface area contributed by atoms with Crippen molar-refractivity contribution in [3.63, 3.8) is 0 Å². The van der Waals surface area contributed by atoms with Crippen molar-refractivity contribution in [1.82, 2.24) is 0 Å². The molecule has 0 aliphatic heterocycles. The van der Waals surface area contributed by atoms with E-state index in [1.807, 2.05) is 5.57 Å². The van der Waals surface area contributed by atoms with Crippen LogP contribution in [0.2, 0.25) is 0 Å². The molecule has 0 aromatic heterocycles. The zero-order valence-electron chi connectivity index (χ0n) is 20.0. The standard InChI is InChI=1S/C28H46O/c1-18(2)19(3)7-8-20(4)24-11-12-25-23-10-9-21-17-22(29)13-15-27(21,5)26(23)14-16-28(24,25)6/h7-8,12,18-24,26,29H,9-11,13-17H2,1-6H3/b8-7+/t19-,20+,21?,22-,23?,24+,26?,27?,28?/m0/s1. The lowest BCUT2D eigenvalue weighted by atomic mass is 9.45. The lowest BCUT2D eigenvalue weighted by Gasteiger charge is -2.59. The first-order chi connectivity index (χ1) is 13.7. The highest BCUT2D eigenvalue weighted by Gasteiger charge is 2.57. The molecule has 29 heavy (non-hydrogen) atoms. The molecule has 0 aromatic carbocycles. The first-order valence-electron chi connectivity index (χ1n) is 12.7. The minimum Gasteiger partial charge on any atom is -0.393 e. The van der Waals surface area contributed by atoms with Gasteiger partial charge in [0.25, 0.3) is 0 Å². The van der Waals surface area contributed by atoms with Crippen LogP contribution in [-0.4, -0.2) is 11.2 Å². The zero-order chi connectivity index (χ0) is 21.0. The van der Waals surface area contributed by atoms with Crippen LogP contribution < -0.4 is 0 Å². The number of aliphatic hydroxyl groups excluding tert-OH is 1. The number of fused-ring (bicyclic) bond motifs is 5. The van der Waals surface area contributed by atoms with E-state index in [-0.39, 0.29) is 6.10 Å². The maximum absolute atomic E-state index is 10.3. The lowest BCUT2D eigenvalue weighted by Crippen LogP contribution is -2.52. The molecular weight excluding hydrogens is 352 g/mol. The van der Waals surface area contributed by atoms with E-state index in [1.54, 1.807) is 0 Å². The summed E-state index contributed by atoms with van der Waals surface area (Å²) in [6.45, 7) is 14.7.